The molecule has 0 radical (unpaired) electrons. The Morgan fingerprint density at radius 1 is 1.53 bits per heavy atom. The molecular formula is C12H19N3O3S. The van der Waals surface area contributed by atoms with Gasteiger partial charge < -0.3 is 9.88 Å². The normalized spacial score (nSPS) is 17.2. The highest BCUT2D eigenvalue weighted by Crippen LogP contribution is 2.47. The van der Waals surface area contributed by atoms with E-state index in [1.807, 2.05) is 0 Å². The van der Waals surface area contributed by atoms with Crippen LogP contribution in [-0.2, 0) is 17.1 Å². The Balaban J connectivity index is 2.09. The molecule has 1 aliphatic rings. The zero-order valence-electron chi connectivity index (χ0n) is 11.1. The van der Waals surface area contributed by atoms with Gasteiger partial charge in [0, 0.05) is 19.8 Å². The molecule has 1 saturated carbocycles. The van der Waals surface area contributed by atoms with Crippen LogP contribution in [0, 0.1) is 5.41 Å². The number of amides is 1. The average molecular weight is 285 g/mol. The molecule has 0 spiro atoms. The second kappa shape index (κ2) is 4.64. The van der Waals surface area contributed by atoms with Crippen molar-refractivity contribution in [1.82, 2.24) is 9.88 Å². The zero-order chi connectivity index (χ0) is 14.3. The number of carbonyl (C=O) groups is 1. The fourth-order valence-corrected chi connectivity index (χ4v) is 2.69. The van der Waals surface area contributed by atoms with E-state index in [4.69, 9.17) is 5.14 Å². The largest absolute Gasteiger partial charge is 0.350 e. The van der Waals surface area contributed by atoms with Gasteiger partial charge in [-0.2, -0.15) is 0 Å². The minimum Gasteiger partial charge on any atom is -0.350 e. The number of hydrogen-bond acceptors (Lipinski definition) is 3. The Bertz CT molecular complexity index is 600. The Hall–Kier alpha value is -1.34. The lowest BCUT2D eigenvalue weighted by Gasteiger charge is -2.13. The molecule has 1 aromatic heterocycles. The number of aromatic nitrogens is 1. The summed E-state index contributed by atoms with van der Waals surface area (Å²) in [5.41, 5.74) is 0.555. The Morgan fingerprint density at radius 3 is 2.58 bits per heavy atom. The Kier molecular flexibility index (Phi) is 3.44. The fraction of sp³-hybridized carbons (Fsp3) is 0.583. The number of nitrogens with zero attached hydrogens (tertiary/aromatic N) is 1. The highest BCUT2D eigenvalue weighted by Gasteiger charge is 2.40. The van der Waals surface area contributed by atoms with Gasteiger partial charge in [0.2, 0.25) is 10.0 Å². The van der Waals surface area contributed by atoms with Crippen molar-refractivity contribution in [3.05, 3.63) is 18.0 Å². The van der Waals surface area contributed by atoms with Gasteiger partial charge in [-0.3, -0.25) is 4.79 Å². The maximum atomic E-state index is 12.0. The van der Waals surface area contributed by atoms with Crippen molar-refractivity contribution < 1.29 is 13.2 Å². The number of nitrogens with one attached hydrogen (secondary N) is 1. The Labute approximate surface area is 113 Å². The van der Waals surface area contributed by atoms with Crippen molar-refractivity contribution in [2.45, 2.75) is 31.1 Å². The molecule has 0 aromatic carbocycles. The van der Waals surface area contributed by atoms with E-state index >= 15 is 0 Å². The third-order valence-electron chi connectivity index (χ3n) is 3.87. The molecule has 6 nitrogen and oxygen atoms in total. The summed E-state index contributed by atoms with van der Waals surface area (Å²) in [5.74, 6) is -0.267. The summed E-state index contributed by atoms with van der Waals surface area (Å²) in [6.07, 6.45) is 4.67. The smallest absolute Gasteiger partial charge is 0.267 e. The summed E-state index contributed by atoms with van der Waals surface area (Å²) in [7, 11) is -2.15. The topological polar surface area (TPSA) is 94.2 Å². The van der Waals surface area contributed by atoms with Crippen LogP contribution >= 0.6 is 0 Å². The minimum absolute atomic E-state index is 0.0447. The van der Waals surface area contributed by atoms with Gasteiger partial charge in [-0.1, -0.05) is 6.92 Å². The first kappa shape index (κ1) is 14.1. The molecule has 106 valence electrons. The van der Waals surface area contributed by atoms with Crippen LogP contribution in [0.1, 0.15) is 36.7 Å². The van der Waals surface area contributed by atoms with Crippen LogP contribution in [-0.4, -0.2) is 25.4 Å². The van der Waals surface area contributed by atoms with Crippen molar-refractivity contribution in [1.29, 1.82) is 0 Å². The van der Waals surface area contributed by atoms with E-state index in [9.17, 15) is 13.2 Å². The van der Waals surface area contributed by atoms with E-state index in [2.05, 4.69) is 12.2 Å². The van der Waals surface area contributed by atoms with Gasteiger partial charge in [-0.25, -0.2) is 13.6 Å². The first-order chi connectivity index (χ1) is 8.77. The van der Waals surface area contributed by atoms with Crippen LogP contribution in [0.5, 0.6) is 0 Å². The lowest BCUT2D eigenvalue weighted by atomic mass is 10.0. The molecule has 1 amide bonds. The number of nitrogens with two attached hydrogens (primary N) is 1. The minimum atomic E-state index is -3.77. The SMILES string of the molecule is CCC1(CNC(=O)c2cc(S(N)(=O)=O)cn2C)CC1. The average Bonchev–Trinajstić information content (AvgIpc) is 3.00. The third kappa shape index (κ3) is 2.98. The monoisotopic (exact) mass is 285 g/mol. The summed E-state index contributed by atoms with van der Waals surface area (Å²) >= 11 is 0. The van der Waals surface area contributed by atoms with Gasteiger partial charge in [-0.05, 0) is 30.7 Å². The van der Waals surface area contributed by atoms with Gasteiger partial charge in [-0.15, -0.1) is 0 Å². The number of aryl methyl sites for hydroxylation is 1. The molecular weight excluding hydrogens is 266 g/mol. The summed E-state index contributed by atoms with van der Waals surface area (Å²) in [6.45, 7) is 2.75. The second-order valence-corrected chi connectivity index (χ2v) is 6.81. The van der Waals surface area contributed by atoms with Crippen molar-refractivity contribution in [2.75, 3.05) is 6.54 Å². The van der Waals surface area contributed by atoms with E-state index in [0.29, 0.717) is 12.2 Å². The molecule has 1 aliphatic carbocycles. The highest BCUT2D eigenvalue weighted by molar-refractivity contribution is 7.89. The van der Waals surface area contributed by atoms with Crippen LogP contribution in [0.25, 0.3) is 0 Å². The molecule has 0 aliphatic heterocycles. The zero-order valence-corrected chi connectivity index (χ0v) is 12.0. The van der Waals surface area contributed by atoms with Crippen molar-refractivity contribution in [3.63, 3.8) is 0 Å². The molecule has 0 saturated heterocycles. The molecule has 0 atom stereocenters. The molecule has 0 unspecified atom stereocenters. The summed E-state index contributed by atoms with van der Waals surface area (Å²) in [5, 5.41) is 7.90. The van der Waals surface area contributed by atoms with Crippen LogP contribution in [0.3, 0.4) is 0 Å². The molecule has 1 heterocycles. The quantitative estimate of drug-likeness (QED) is 0.829. The van der Waals surface area contributed by atoms with E-state index in [1.165, 1.54) is 16.8 Å². The number of carbonyl (C=O) groups excluding carboxylic acids is 1. The Morgan fingerprint density at radius 2 is 2.16 bits per heavy atom. The first-order valence-electron chi connectivity index (χ1n) is 6.25. The van der Waals surface area contributed by atoms with Crippen molar-refractivity contribution in [3.8, 4) is 0 Å². The van der Waals surface area contributed by atoms with Crippen LogP contribution in [0.2, 0.25) is 0 Å². The van der Waals surface area contributed by atoms with Crippen LogP contribution < -0.4 is 10.5 Å². The summed E-state index contributed by atoms with van der Waals surface area (Å²) in [4.78, 5) is 12.0. The molecule has 7 heteroatoms. The number of rotatable bonds is 5. The third-order valence-corrected chi connectivity index (χ3v) is 4.75. The van der Waals surface area contributed by atoms with Gasteiger partial charge in [0.15, 0.2) is 0 Å². The standard InChI is InChI=1S/C12H19N3O3S/c1-3-12(4-5-12)8-14-11(16)10-6-9(7-15(10)2)19(13,17)18/h6-7H,3-5,8H2,1-2H3,(H,14,16)(H2,13,17,18). The highest BCUT2D eigenvalue weighted by atomic mass is 32.2. The predicted molar refractivity (Wildman–Crippen MR) is 71.1 cm³/mol. The maximum absolute atomic E-state index is 12.0. The van der Waals surface area contributed by atoms with Crippen molar-refractivity contribution in [2.24, 2.45) is 17.6 Å². The van der Waals surface area contributed by atoms with E-state index in [-0.39, 0.29) is 16.2 Å². The first-order valence-corrected chi connectivity index (χ1v) is 7.79. The van der Waals surface area contributed by atoms with Gasteiger partial charge in [0.25, 0.3) is 5.91 Å². The van der Waals surface area contributed by atoms with E-state index in [0.717, 1.165) is 19.3 Å². The second-order valence-electron chi connectivity index (χ2n) is 5.25. The van der Waals surface area contributed by atoms with Crippen molar-refractivity contribution >= 4 is 15.9 Å². The fourth-order valence-electron chi connectivity index (χ4n) is 2.11. The van der Waals surface area contributed by atoms with Crippen LogP contribution in [0.4, 0.5) is 0 Å². The molecule has 1 fully saturated rings. The predicted octanol–water partition coefficient (Wildman–Crippen LogP) is 0.592. The van der Waals surface area contributed by atoms with E-state index in [1.54, 1.807) is 7.05 Å². The maximum Gasteiger partial charge on any atom is 0.267 e. The molecule has 0 bridgehead atoms. The number of sulfonamides is 1. The number of primary sulfonamides is 1. The van der Waals surface area contributed by atoms with Gasteiger partial charge >= 0.3 is 0 Å². The van der Waals surface area contributed by atoms with E-state index < -0.39 is 10.0 Å². The summed E-state index contributed by atoms with van der Waals surface area (Å²) in [6, 6.07) is 1.30. The lowest BCUT2D eigenvalue weighted by Crippen LogP contribution is -2.31. The molecule has 19 heavy (non-hydrogen) atoms. The van der Waals surface area contributed by atoms with Gasteiger partial charge in [0.1, 0.15) is 10.6 Å². The molecule has 1 aromatic rings. The van der Waals surface area contributed by atoms with Gasteiger partial charge in [0.05, 0.1) is 0 Å². The van der Waals surface area contributed by atoms with Crippen LogP contribution in [0.15, 0.2) is 17.2 Å². The molecule has 3 N–H and O–H groups in total. The molecule has 2 rings (SSSR count). The summed E-state index contributed by atoms with van der Waals surface area (Å²) < 4.78 is 23.9. The lowest BCUT2D eigenvalue weighted by molar-refractivity contribution is 0.0936. The number of hydrogen-bond donors (Lipinski definition) is 2.